The molecule has 0 saturated heterocycles. The first-order chi connectivity index (χ1) is 15.0. The van der Waals surface area contributed by atoms with Gasteiger partial charge in [0.2, 0.25) is 0 Å². The molecule has 0 bridgehead atoms. The number of hydrogen-bond donors (Lipinski definition) is 2. The van der Waals surface area contributed by atoms with Crippen LogP contribution >= 0.6 is 0 Å². The Bertz CT molecular complexity index is 1210. The highest BCUT2D eigenvalue weighted by atomic mass is 16.5. The average molecular weight is 410 g/mol. The number of pyridine rings is 1. The Labute approximate surface area is 179 Å². The van der Waals surface area contributed by atoms with Crippen molar-refractivity contribution >= 4 is 23.3 Å². The van der Waals surface area contributed by atoms with Gasteiger partial charge in [-0.05, 0) is 55.5 Å². The lowest BCUT2D eigenvalue weighted by Gasteiger charge is -2.15. The zero-order valence-corrected chi connectivity index (χ0v) is 16.9. The molecule has 2 aromatic carbocycles. The minimum Gasteiger partial charge on any atom is -0.495 e. The SMILES string of the molecule is CC#Cc1ccc(NC(=O)c2cccc(OC)c2NC(=O)c2ccc(C#N)cc2)nc1. The summed E-state index contributed by atoms with van der Waals surface area (Å²) in [5.41, 5.74) is 1.95. The number of para-hydroxylation sites is 1. The molecule has 0 unspecified atom stereocenters. The maximum Gasteiger partial charge on any atom is 0.259 e. The molecule has 0 fully saturated rings. The highest BCUT2D eigenvalue weighted by molar-refractivity contribution is 6.13. The topological polar surface area (TPSA) is 104 Å². The van der Waals surface area contributed by atoms with E-state index < -0.39 is 11.8 Å². The van der Waals surface area contributed by atoms with Gasteiger partial charge >= 0.3 is 0 Å². The van der Waals surface area contributed by atoms with Crippen molar-refractivity contribution in [3.63, 3.8) is 0 Å². The molecule has 0 aliphatic carbocycles. The van der Waals surface area contributed by atoms with E-state index in [9.17, 15) is 9.59 Å². The number of amides is 2. The van der Waals surface area contributed by atoms with Crippen molar-refractivity contribution in [2.45, 2.75) is 6.92 Å². The Morgan fingerprint density at radius 1 is 0.968 bits per heavy atom. The second-order valence-electron chi connectivity index (χ2n) is 6.29. The van der Waals surface area contributed by atoms with Crippen molar-refractivity contribution < 1.29 is 14.3 Å². The molecule has 0 radical (unpaired) electrons. The standard InChI is InChI=1S/C24H18N4O3/c1-3-5-17-10-13-21(26-15-17)27-24(30)19-6-4-7-20(31-2)22(19)28-23(29)18-11-8-16(14-25)9-12-18/h4,6-13,15H,1-2H3,(H,28,29)(H,26,27,30). The lowest BCUT2D eigenvalue weighted by atomic mass is 10.1. The van der Waals surface area contributed by atoms with Gasteiger partial charge in [-0.3, -0.25) is 9.59 Å². The molecule has 0 atom stereocenters. The van der Waals surface area contributed by atoms with Crippen LogP contribution in [0.1, 0.15) is 38.8 Å². The van der Waals surface area contributed by atoms with Crippen LogP contribution in [0.2, 0.25) is 0 Å². The van der Waals surface area contributed by atoms with Gasteiger partial charge in [-0.2, -0.15) is 5.26 Å². The quantitative estimate of drug-likeness (QED) is 0.622. The zero-order valence-electron chi connectivity index (χ0n) is 16.9. The molecule has 0 spiro atoms. The van der Waals surface area contributed by atoms with Gasteiger partial charge in [-0.15, -0.1) is 5.92 Å². The first kappa shape index (κ1) is 21.1. The molecule has 31 heavy (non-hydrogen) atoms. The number of nitrogens with one attached hydrogen (secondary N) is 2. The number of nitriles is 1. The third kappa shape index (κ3) is 5.06. The second-order valence-corrected chi connectivity index (χ2v) is 6.29. The number of carbonyl (C=O) groups excluding carboxylic acids is 2. The molecule has 0 aliphatic rings. The van der Waals surface area contributed by atoms with Gasteiger partial charge in [0.15, 0.2) is 0 Å². The fourth-order valence-electron chi connectivity index (χ4n) is 2.77. The van der Waals surface area contributed by atoms with Crippen LogP contribution < -0.4 is 15.4 Å². The number of ether oxygens (including phenoxy) is 1. The van der Waals surface area contributed by atoms with Crippen molar-refractivity contribution in [2.24, 2.45) is 0 Å². The highest BCUT2D eigenvalue weighted by Crippen LogP contribution is 2.29. The van der Waals surface area contributed by atoms with Crippen LogP contribution in [0.4, 0.5) is 11.5 Å². The number of rotatable bonds is 5. The average Bonchev–Trinajstić information content (AvgIpc) is 2.80. The molecule has 1 heterocycles. The molecule has 0 saturated carbocycles. The van der Waals surface area contributed by atoms with E-state index in [1.54, 1.807) is 55.6 Å². The van der Waals surface area contributed by atoms with Crippen LogP contribution in [-0.4, -0.2) is 23.9 Å². The number of aromatic nitrogens is 1. The Balaban J connectivity index is 1.86. The van der Waals surface area contributed by atoms with Crippen molar-refractivity contribution in [1.82, 2.24) is 4.98 Å². The number of hydrogen-bond acceptors (Lipinski definition) is 5. The summed E-state index contributed by atoms with van der Waals surface area (Å²) in [6.07, 6.45) is 1.56. The van der Waals surface area contributed by atoms with Crippen molar-refractivity contribution in [3.05, 3.63) is 83.0 Å². The smallest absolute Gasteiger partial charge is 0.259 e. The third-order valence-electron chi connectivity index (χ3n) is 4.28. The van der Waals surface area contributed by atoms with Gasteiger partial charge in [-0.25, -0.2) is 4.98 Å². The first-order valence-corrected chi connectivity index (χ1v) is 9.24. The molecule has 152 valence electrons. The molecule has 2 amide bonds. The van der Waals surface area contributed by atoms with Gasteiger partial charge < -0.3 is 15.4 Å². The van der Waals surface area contributed by atoms with E-state index in [-0.39, 0.29) is 11.3 Å². The highest BCUT2D eigenvalue weighted by Gasteiger charge is 2.19. The van der Waals surface area contributed by atoms with Gasteiger partial charge in [0.1, 0.15) is 11.6 Å². The van der Waals surface area contributed by atoms with E-state index in [2.05, 4.69) is 27.5 Å². The normalized spacial score (nSPS) is 9.58. The van der Waals surface area contributed by atoms with Gasteiger partial charge in [-0.1, -0.05) is 12.0 Å². The lowest BCUT2D eigenvalue weighted by Crippen LogP contribution is -2.19. The third-order valence-corrected chi connectivity index (χ3v) is 4.28. The van der Waals surface area contributed by atoms with Crippen molar-refractivity contribution in [2.75, 3.05) is 17.7 Å². The molecule has 1 aromatic heterocycles. The van der Waals surface area contributed by atoms with Crippen molar-refractivity contribution in [3.8, 4) is 23.7 Å². The summed E-state index contributed by atoms with van der Waals surface area (Å²) in [5, 5.41) is 14.3. The minimum absolute atomic E-state index is 0.209. The molecular formula is C24H18N4O3. The minimum atomic E-state index is -0.462. The number of anilines is 2. The lowest BCUT2D eigenvalue weighted by molar-refractivity contribution is 0.102. The van der Waals surface area contributed by atoms with Gasteiger partial charge in [0.05, 0.1) is 30.0 Å². The van der Waals surface area contributed by atoms with E-state index >= 15 is 0 Å². The van der Waals surface area contributed by atoms with Gasteiger partial charge in [0.25, 0.3) is 11.8 Å². The number of carbonyl (C=O) groups is 2. The fourth-order valence-corrected chi connectivity index (χ4v) is 2.77. The molecule has 2 N–H and O–H groups in total. The summed E-state index contributed by atoms with van der Waals surface area (Å²) in [6.45, 7) is 1.73. The summed E-state index contributed by atoms with van der Waals surface area (Å²) < 4.78 is 5.33. The Morgan fingerprint density at radius 3 is 2.32 bits per heavy atom. The van der Waals surface area contributed by atoms with Crippen molar-refractivity contribution in [1.29, 1.82) is 5.26 Å². The Kier molecular flexibility index (Phi) is 6.62. The number of nitrogens with zero attached hydrogens (tertiary/aromatic N) is 2. The van der Waals surface area contributed by atoms with E-state index in [1.807, 2.05) is 6.07 Å². The maximum atomic E-state index is 12.9. The Hall–Kier alpha value is -4.62. The largest absolute Gasteiger partial charge is 0.495 e. The molecule has 7 heteroatoms. The monoisotopic (exact) mass is 410 g/mol. The van der Waals surface area contributed by atoms with Crippen LogP contribution in [0.15, 0.2) is 60.8 Å². The summed E-state index contributed by atoms with van der Waals surface area (Å²) in [7, 11) is 1.45. The molecule has 7 nitrogen and oxygen atoms in total. The zero-order chi connectivity index (χ0) is 22.2. The van der Waals surface area contributed by atoms with E-state index in [0.29, 0.717) is 22.7 Å². The fraction of sp³-hybridized carbons (Fsp3) is 0.0833. The summed E-state index contributed by atoms with van der Waals surface area (Å²) in [6, 6.07) is 16.4. The summed E-state index contributed by atoms with van der Waals surface area (Å²) in [4.78, 5) is 29.8. The predicted octanol–water partition coefficient (Wildman–Crippen LogP) is 3.84. The van der Waals surface area contributed by atoms with E-state index in [4.69, 9.17) is 10.00 Å². The van der Waals surface area contributed by atoms with Crippen LogP contribution in [0.25, 0.3) is 0 Å². The molecular weight excluding hydrogens is 392 g/mol. The second kappa shape index (κ2) is 9.73. The van der Waals surface area contributed by atoms with Crippen LogP contribution in [0.5, 0.6) is 5.75 Å². The first-order valence-electron chi connectivity index (χ1n) is 9.24. The predicted molar refractivity (Wildman–Crippen MR) is 117 cm³/mol. The van der Waals surface area contributed by atoms with Crippen LogP contribution in [0, 0.1) is 23.2 Å². The molecule has 3 aromatic rings. The molecule has 0 aliphatic heterocycles. The molecule has 3 rings (SSSR count). The van der Waals surface area contributed by atoms with Crippen LogP contribution in [0.3, 0.4) is 0 Å². The summed E-state index contributed by atoms with van der Waals surface area (Å²) >= 11 is 0. The Morgan fingerprint density at radius 2 is 1.71 bits per heavy atom. The van der Waals surface area contributed by atoms with Crippen LogP contribution in [-0.2, 0) is 0 Å². The van der Waals surface area contributed by atoms with E-state index in [0.717, 1.165) is 5.56 Å². The number of methoxy groups -OCH3 is 1. The summed E-state index contributed by atoms with van der Waals surface area (Å²) in [5.74, 6) is 5.43. The van der Waals surface area contributed by atoms with Gasteiger partial charge in [0, 0.05) is 17.3 Å². The number of benzene rings is 2. The maximum absolute atomic E-state index is 12.9. The van der Waals surface area contributed by atoms with E-state index in [1.165, 1.54) is 19.2 Å².